The minimum atomic E-state index is -3.28. The zero-order valence-corrected chi connectivity index (χ0v) is 22.7. The molecule has 3 rings (SSSR count). The summed E-state index contributed by atoms with van der Waals surface area (Å²) in [5, 5.41) is 25.7. The number of hydrogen-bond acceptors (Lipinski definition) is 10. The molecular formula is C24H33N4O10P. The second kappa shape index (κ2) is 13.3. The molecule has 2 amide bonds. The molecule has 214 valence electrons. The standard InChI is InChI=1S/C24H33N4O10P/c1-4-27-18(30)11-12-28(24(27)34)23-20(32)19(31)21(38-23)22(33)25-13-17(29)26-16-9-7-15(8-10-16)14-39(35,36-5-2)37-6-3/h7-12,19-21,23,31-32H,4-6,13-14H2,1-3H3,(H,25,33)(H,26,29)/t19-,20+,21+,23-/m1/s1. The van der Waals surface area contributed by atoms with Crippen molar-refractivity contribution >= 4 is 25.1 Å². The Labute approximate surface area is 224 Å². The van der Waals surface area contributed by atoms with Crippen LogP contribution in [0.15, 0.2) is 46.1 Å². The van der Waals surface area contributed by atoms with Crippen LogP contribution in [0.1, 0.15) is 32.6 Å². The summed E-state index contributed by atoms with van der Waals surface area (Å²) in [6.07, 6.45) is -5.14. The maximum absolute atomic E-state index is 12.7. The molecule has 1 aliphatic heterocycles. The second-order valence-electron chi connectivity index (χ2n) is 8.58. The number of amides is 2. The van der Waals surface area contributed by atoms with Crippen molar-refractivity contribution in [3.63, 3.8) is 0 Å². The Kier molecular flexibility index (Phi) is 10.4. The smallest absolute Gasteiger partial charge is 0.335 e. The van der Waals surface area contributed by atoms with Gasteiger partial charge in [-0.05, 0) is 38.5 Å². The Hall–Kier alpha value is -3.13. The average Bonchev–Trinajstić information content (AvgIpc) is 3.18. The van der Waals surface area contributed by atoms with Crippen LogP contribution >= 0.6 is 7.60 Å². The van der Waals surface area contributed by atoms with Gasteiger partial charge in [0.25, 0.3) is 11.5 Å². The molecular weight excluding hydrogens is 535 g/mol. The first-order chi connectivity index (χ1) is 18.5. The summed E-state index contributed by atoms with van der Waals surface area (Å²) in [7, 11) is -3.28. The van der Waals surface area contributed by atoms with Gasteiger partial charge in [0.1, 0.15) is 12.2 Å². The van der Waals surface area contributed by atoms with Crippen LogP contribution < -0.4 is 21.9 Å². The van der Waals surface area contributed by atoms with E-state index in [2.05, 4.69) is 10.6 Å². The summed E-state index contributed by atoms with van der Waals surface area (Å²) < 4.78 is 30.5. The van der Waals surface area contributed by atoms with E-state index in [1.54, 1.807) is 45.0 Å². The first-order valence-electron chi connectivity index (χ1n) is 12.4. The van der Waals surface area contributed by atoms with Crippen LogP contribution in [-0.4, -0.2) is 69.2 Å². The number of aliphatic hydroxyl groups excluding tert-OH is 2. The number of ether oxygens (including phenoxy) is 1. The molecule has 4 atom stereocenters. The summed E-state index contributed by atoms with van der Waals surface area (Å²) in [5.41, 5.74) is -0.219. The molecule has 1 aromatic carbocycles. The molecule has 1 saturated heterocycles. The topological polar surface area (TPSA) is 187 Å². The molecule has 0 unspecified atom stereocenters. The van der Waals surface area contributed by atoms with Gasteiger partial charge in [0.05, 0.1) is 25.9 Å². The van der Waals surface area contributed by atoms with E-state index < -0.39 is 61.7 Å². The highest BCUT2D eigenvalue weighted by Crippen LogP contribution is 2.51. The Morgan fingerprint density at radius 2 is 1.67 bits per heavy atom. The molecule has 0 bridgehead atoms. The minimum Gasteiger partial charge on any atom is -0.387 e. The molecule has 2 heterocycles. The van der Waals surface area contributed by atoms with Gasteiger partial charge in [-0.25, -0.2) is 4.79 Å². The van der Waals surface area contributed by atoms with Crippen molar-refractivity contribution in [2.24, 2.45) is 0 Å². The van der Waals surface area contributed by atoms with Crippen molar-refractivity contribution in [2.45, 2.75) is 58.0 Å². The first kappa shape index (κ1) is 30.4. The van der Waals surface area contributed by atoms with Crippen molar-refractivity contribution in [1.82, 2.24) is 14.5 Å². The number of benzene rings is 1. The Morgan fingerprint density at radius 3 is 2.26 bits per heavy atom. The molecule has 0 saturated carbocycles. The van der Waals surface area contributed by atoms with Crippen LogP contribution in [0.25, 0.3) is 0 Å². The number of nitrogens with zero attached hydrogens (tertiary/aromatic N) is 2. The molecule has 0 spiro atoms. The Bertz CT molecular complexity index is 1320. The number of anilines is 1. The summed E-state index contributed by atoms with van der Waals surface area (Å²) in [6.45, 7) is 5.12. The van der Waals surface area contributed by atoms with Gasteiger partial charge in [-0.1, -0.05) is 12.1 Å². The van der Waals surface area contributed by atoms with Gasteiger partial charge in [-0.3, -0.25) is 28.1 Å². The molecule has 39 heavy (non-hydrogen) atoms. The lowest BCUT2D eigenvalue weighted by atomic mass is 10.1. The van der Waals surface area contributed by atoms with E-state index in [1.807, 2.05) is 0 Å². The third-order valence-corrected chi connectivity index (χ3v) is 7.93. The summed E-state index contributed by atoms with van der Waals surface area (Å²) >= 11 is 0. The normalized spacial score (nSPS) is 21.1. The second-order valence-corrected chi connectivity index (χ2v) is 10.6. The van der Waals surface area contributed by atoms with Gasteiger partial charge in [-0.2, -0.15) is 0 Å². The minimum absolute atomic E-state index is 0.0706. The number of aromatic nitrogens is 2. The number of hydrogen-bond donors (Lipinski definition) is 4. The van der Waals surface area contributed by atoms with Crippen LogP contribution in [0.2, 0.25) is 0 Å². The summed E-state index contributed by atoms with van der Waals surface area (Å²) in [5.74, 6) is -1.46. The van der Waals surface area contributed by atoms with E-state index in [4.69, 9.17) is 13.8 Å². The highest BCUT2D eigenvalue weighted by molar-refractivity contribution is 7.53. The number of carbonyl (C=O) groups is 2. The molecule has 1 fully saturated rings. The maximum atomic E-state index is 12.7. The van der Waals surface area contributed by atoms with E-state index in [1.165, 1.54) is 0 Å². The number of carbonyl (C=O) groups excluding carboxylic acids is 2. The fourth-order valence-electron chi connectivity index (χ4n) is 4.03. The molecule has 2 aromatic rings. The van der Waals surface area contributed by atoms with Crippen molar-refractivity contribution < 1.29 is 38.2 Å². The van der Waals surface area contributed by atoms with E-state index in [-0.39, 0.29) is 25.9 Å². The van der Waals surface area contributed by atoms with Crippen LogP contribution in [0, 0.1) is 0 Å². The maximum Gasteiger partial charge on any atom is 0.335 e. The highest BCUT2D eigenvalue weighted by Gasteiger charge is 2.47. The van der Waals surface area contributed by atoms with Crippen LogP contribution in [0.5, 0.6) is 0 Å². The van der Waals surface area contributed by atoms with Gasteiger partial charge in [0.15, 0.2) is 12.3 Å². The lowest BCUT2D eigenvalue weighted by Gasteiger charge is -2.18. The van der Waals surface area contributed by atoms with E-state index in [0.29, 0.717) is 11.3 Å². The zero-order valence-electron chi connectivity index (χ0n) is 21.8. The van der Waals surface area contributed by atoms with Gasteiger partial charge < -0.3 is 34.6 Å². The van der Waals surface area contributed by atoms with Crippen molar-refractivity contribution in [3.05, 3.63) is 62.9 Å². The average molecular weight is 569 g/mol. The third kappa shape index (κ3) is 7.29. The quantitative estimate of drug-likeness (QED) is 0.257. The molecule has 0 aliphatic carbocycles. The number of nitrogens with one attached hydrogen (secondary N) is 2. The van der Waals surface area contributed by atoms with Gasteiger partial charge in [0.2, 0.25) is 5.91 Å². The third-order valence-electron chi connectivity index (χ3n) is 5.87. The molecule has 0 radical (unpaired) electrons. The lowest BCUT2D eigenvalue weighted by molar-refractivity contribution is -0.138. The number of rotatable bonds is 12. The molecule has 4 N–H and O–H groups in total. The SMILES string of the molecule is CCOP(=O)(Cc1ccc(NC(=O)CNC(=O)[C@H]2O[C@@H](n3ccc(=O)n(CC)c3=O)[C@@H](O)[C@H]2O)cc1)OCC. The Balaban J connectivity index is 1.57. The van der Waals surface area contributed by atoms with Gasteiger partial charge in [0, 0.05) is 24.5 Å². The Morgan fingerprint density at radius 1 is 1.03 bits per heavy atom. The van der Waals surface area contributed by atoms with Crippen molar-refractivity contribution in [3.8, 4) is 0 Å². The van der Waals surface area contributed by atoms with Crippen LogP contribution in [-0.2, 0) is 40.6 Å². The predicted molar refractivity (Wildman–Crippen MR) is 139 cm³/mol. The zero-order chi connectivity index (χ0) is 28.7. The summed E-state index contributed by atoms with van der Waals surface area (Å²) in [6, 6.07) is 7.61. The molecule has 1 aliphatic rings. The lowest BCUT2D eigenvalue weighted by Crippen LogP contribution is -2.45. The van der Waals surface area contributed by atoms with Crippen molar-refractivity contribution in [2.75, 3.05) is 25.1 Å². The highest BCUT2D eigenvalue weighted by atomic mass is 31.2. The molecule has 14 nitrogen and oxygen atoms in total. The monoisotopic (exact) mass is 568 g/mol. The fraction of sp³-hybridized carbons (Fsp3) is 0.500. The van der Waals surface area contributed by atoms with Crippen LogP contribution in [0.4, 0.5) is 5.69 Å². The molecule has 1 aromatic heterocycles. The first-order valence-corrected chi connectivity index (χ1v) is 14.1. The van der Waals surface area contributed by atoms with Gasteiger partial charge >= 0.3 is 13.3 Å². The summed E-state index contributed by atoms with van der Waals surface area (Å²) in [4.78, 5) is 49.3. The van der Waals surface area contributed by atoms with E-state index in [0.717, 1.165) is 21.4 Å². The predicted octanol–water partition coefficient (Wildman–Crippen LogP) is 0.170. The van der Waals surface area contributed by atoms with Crippen molar-refractivity contribution in [1.29, 1.82) is 0 Å². The largest absolute Gasteiger partial charge is 0.387 e. The fourth-order valence-corrected chi connectivity index (χ4v) is 5.74. The number of aliphatic hydroxyl groups is 2. The van der Waals surface area contributed by atoms with Gasteiger partial charge in [-0.15, -0.1) is 0 Å². The molecule has 15 heteroatoms. The van der Waals surface area contributed by atoms with E-state index in [9.17, 15) is 34.0 Å². The van der Waals surface area contributed by atoms with E-state index >= 15 is 0 Å². The van der Waals surface area contributed by atoms with Crippen LogP contribution in [0.3, 0.4) is 0 Å².